The highest BCUT2D eigenvalue weighted by atomic mass is 32.1. The number of aromatic nitrogens is 1. The van der Waals surface area contributed by atoms with Crippen molar-refractivity contribution in [2.45, 2.75) is 20.4 Å². The van der Waals surface area contributed by atoms with Crippen LogP contribution < -0.4 is 5.73 Å². The van der Waals surface area contributed by atoms with Crippen molar-refractivity contribution in [1.29, 1.82) is 0 Å². The van der Waals surface area contributed by atoms with E-state index in [-0.39, 0.29) is 5.82 Å². The van der Waals surface area contributed by atoms with E-state index in [1.54, 1.807) is 18.2 Å². The van der Waals surface area contributed by atoms with Gasteiger partial charge in [-0.1, -0.05) is 12.1 Å². The van der Waals surface area contributed by atoms with E-state index in [9.17, 15) is 4.39 Å². The molecule has 0 atom stereocenters. The van der Waals surface area contributed by atoms with Crippen LogP contribution in [-0.4, -0.2) is 28.9 Å². The molecule has 0 aliphatic carbocycles. The highest BCUT2D eigenvalue weighted by Gasteiger charge is 2.09. The molecule has 0 fully saturated rings. The number of hydrogen-bond donors (Lipinski definition) is 1. The summed E-state index contributed by atoms with van der Waals surface area (Å²) in [6, 6.07) is 6.63. The maximum Gasteiger partial charge on any atom is 0.191 e. The van der Waals surface area contributed by atoms with Crippen LogP contribution >= 0.6 is 11.3 Å². The van der Waals surface area contributed by atoms with Crippen LogP contribution in [0.2, 0.25) is 0 Å². The molecule has 1 heterocycles. The lowest BCUT2D eigenvalue weighted by molar-refractivity contribution is 0.458. The first kappa shape index (κ1) is 15.4. The van der Waals surface area contributed by atoms with E-state index in [2.05, 4.69) is 9.98 Å². The Bertz CT molecular complexity index is 620. The Balaban J connectivity index is 2.11. The maximum absolute atomic E-state index is 13.7. The third kappa shape index (κ3) is 3.78. The summed E-state index contributed by atoms with van der Waals surface area (Å²) in [7, 11) is 0. The molecule has 2 N–H and O–H groups in total. The van der Waals surface area contributed by atoms with Gasteiger partial charge in [0.25, 0.3) is 0 Å². The minimum atomic E-state index is -0.263. The molecule has 6 heteroatoms. The Labute approximate surface area is 128 Å². The van der Waals surface area contributed by atoms with Gasteiger partial charge in [0.2, 0.25) is 0 Å². The molecule has 0 saturated heterocycles. The Kier molecular flexibility index (Phi) is 5.27. The molecule has 1 aromatic heterocycles. The van der Waals surface area contributed by atoms with Crippen LogP contribution in [0, 0.1) is 5.82 Å². The third-order valence-electron chi connectivity index (χ3n) is 3.17. The quantitative estimate of drug-likeness (QED) is 0.682. The molecule has 0 aliphatic rings. The molecule has 1 aromatic carbocycles. The molecule has 0 bridgehead atoms. The fourth-order valence-electron chi connectivity index (χ4n) is 1.97. The first-order valence-corrected chi connectivity index (χ1v) is 7.77. The number of nitrogens with two attached hydrogens (primary N) is 1. The van der Waals surface area contributed by atoms with Crippen LogP contribution in [0.15, 0.2) is 34.6 Å². The molecule has 0 radical (unpaired) electrons. The van der Waals surface area contributed by atoms with E-state index in [0.717, 1.165) is 18.1 Å². The minimum Gasteiger partial charge on any atom is -0.370 e. The SMILES string of the molecule is CCN(CC)C(N)=NCc1nc(-c2ccccc2F)cs1. The summed E-state index contributed by atoms with van der Waals surface area (Å²) in [6.07, 6.45) is 0. The summed E-state index contributed by atoms with van der Waals surface area (Å²) in [6.45, 7) is 6.13. The average Bonchev–Trinajstić information content (AvgIpc) is 2.95. The molecule has 0 aliphatic heterocycles. The van der Waals surface area contributed by atoms with Crippen molar-refractivity contribution in [3.05, 3.63) is 40.5 Å². The monoisotopic (exact) mass is 306 g/mol. The highest BCUT2D eigenvalue weighted by molar-refractivity contribution is 7.09. The molecule has 2 rings (SSSR count). The van der Waals surface area contributed by atoms with Gasteiger partial charge in [0.05, 0.1) is 12.2 Å². The number of halogens is 1. The molecule has 0 unspecified atom stereocenters. The average molecular weight is 306 g/mol. The number of rotatable bonds is 5. The lowest BCUT2D eigenvalue weighted by Crippen LogP contribution is -2.37. The second-order valence-electron chi connectivity index (χ2n) is 4.45. The minimum absolute atomic E-state index is 0.263. The highest BCUT2D eigenvalue weighted by Crippen LogP contribution is 2.24. The topological polar surface area (TPSA) is 54.5 Å². The Morgan fingerprint density at radius 1 is 1.33 bits per heavy atom. The van der Waals surface area contributed by atoms with Crippen molar-refractivity contribution in [2.75, 3.05) is 13.1 Å². The fraction of sp³-hybridized carbons (Fsp3) is 0.333. The van der Waals surface area contributed by atoms with E-state index in [4.69, 9.17) is 5.73 Å². The van der Waals surface area contributed by atoms with Gasteiger partial charge in [-0.3, -0.25) is 0 Å². The number of thiazole rings is 1. The van der Waals surface area contributed by atoms with E-state index >= 15 is 0 Å². The molecule has 0 spiro atoms. The maximum atomic E-state index is 13.7. The molecule has 4 nitrogen and oxygen atoms in total. The van der Waals surface area contributed by atoms with Gasteiger partial charge >= 0.3 is 0 Å². The normalized spacial score (nSPS) is 11.7. The largest absolute Gasteiger partial charge is 0.370 e. The predicted molar refractivity (Wildman–Crippen MR) is 85.8 cm³/mol. The molecule has 2 aromatic rings. The smallest absolute Gasteiger partial charge is 0.191 e. The molecule has 0 amide bonds. The Morgan fingerprint density at radius 3 is 2.71 bits per heavy atom. The number of hydrogen-bond acceptors (Lipinski definition) is 3. The Hall–Kier alpha value is -1.95. The second kappa shape index (κ2) is 7.17. The van der Waals surface area contributed by atoms with Crippen LogP contribution in [0.25, 0.3) is 11.3 Å². The second-order valence-corrected chi connectivity index (χ2v) is 5.40. The van der Waals surface area contributed by atoms with Gasteiger partial charge in [-0.25, -0.2) is 14.4 Å². The van der Waals surface area contributed by atoms with Crippen LogP contribution in [0.5, 0.6) is 0 Å². The fourth-order valence-corrected chi connectivity index (χ4v) is 2.69. The summed E-state index contributed by atoms with van der Waals surface area (Å²) < 4.78 is 13.7. The van der Waals surface area contributed by atoms with E-state index < -0.39 is 0 Å². The van der Waals surface area contributed by atoms with Crippen LogP contribution in [-0.2, 0) is 6.54 Å². The van der Waals surface area contributed by atoms with Gasteiger partial charge in [0.1, 0.15) is 10.8 Å². The van der Waals surface area contributed by atoms with Gasteiger partial charge in [0, 0.05) is 24.0 Å². The predicted octanol–water partition coefficient (Wildman–Crippen LogP) is 3.11. The van der Waals surface area contributed by atoms with Crippen molar-refractivity contribution in [3.63, 3.8) is 0 Å². The van der Waals surface area contributed by atoms with Crippen molar-refractivity contribution >= 4 is 17.3 Å². The van der Waals surface area contributed by atoms with Crippen LogP contribution in [0.4, 0.5) is 4.39 Å². The number of nitrogens with zero attached hydrogens (tertiary/aromatic N) is 3. The van der Waals surface area contributed by atoms with Crippen LogP contribution in [0.1, 0.15) is 18.9 Å². The van der Waals surface area contributed by atoms with Gasteiger partial charge in [-0.15, -0.1) is 11.3 Å². The standard InChI is InChI=1S/C15H19FN4S/c1-3-20(4-2)15(17)18-9-14-19-13(10-21-14)11-7-5-6-8-12(11)16/h5-8,10H,3-4,9H2,1-2H3,(H2,17,18). The summed E-state index contributed by atoms with van der Waals surface area (Å²) in [5.41, 5.74) is 7.08. The number of aliphatic imine (C=N–C) groups is 1. The van der Waals surface area contributed by atoms with Gasteiger partial charge in [-0.05, 0) is 26.0 Å². The summed E-state index contributed by atoms with van der Waals surface area (Å²) >= 11 is 1.46. The van der Waals surface area contributed by atoms with Crippen molar-refractivity contribution in [1.82, 2.24) is 9.88 Å². The first-order chi connectivity index (χ1) is 10.2. The zero-order chi connectivity index (χ0) is 15.2. The summed E-state index contributed by atoms with van der Waals surface area (Å²) in [5.74, 6) is 0.253. The van der Waals surface area contributed by atoms with Crippen molar-refractivity contribution < 1.29 is 4.39 Å². The summed E-state index contributed by atoms with van der Waals surface area (Å²) in [4.78, 5) is 10.7. The molecular formula is C15H19FN4S. The Morgan fingerprint density at radius 2 is 2.05 bits per heavy atom. The van der Waals surface area contributed by atoms with E-state index in [1.165, 1.54) is 17.4 Å². The molecule has 112 valence electrons. The van der Waals surface area contributed by atoms with Crippen molar-refractivity contribution in [2.24, 2.45) is 10.7 Å². The molecular weight excluding hydrogens is 287 g/mol. The molecule has 21 heavy (non-hydrogen) atoms. The van der Waals surface area contributed by atoms with Gasteiger partial charge in [0.15, 0.2) is 5.96 Å². The lowest BCUT2D eigenvalue weighted by Gasteiger charge is -2.18. The lowest BCUT2D eigenvalue weighted by atomic mass is 10.2. The van der Waals surface area contributed by atoms with Gasteiger partial charge in [-0.2, -0.15) is 0 Å². The van der Waals surface area contributed by atoms with Crippen molar-refractivity contribution in [3.8, 4) is 11.3 Å². The summed E-state index contributed by atoms with van der Waals surface area (Å²) in [5, 5.41) is 2.67. The molecule has 0 saturated carbocycles. The number of benzene rings is 1. The third-order valence-corrected chi connectivity index (χ3v) is 4.00. The zero-order valence-electron chi connectivity index (χ0n) is 12.2. The van der Waals surface area contributed by atoms with Crippen LogP contribution in [0.3, 0.4) is 0 Å². The van der Waals surface area contributed by atoms with E-state index in [1.807, 2.05) is 24.1 Å². The number of guanidine groups is 1. The first-order valence-electron chi connectivity index (χ1n) is 6.89. The zero-order valence-corrected chi connectivity index (χ0v) is 13.0. The van der Waals surface area contributed by atoms with Gasteiger partial charge < -0.3 is 10.6 Å². The van der Waals surface area contributed by atoms with E-state index in [0.29, 0.717) is 23.8 Å².